The molecule has 0 radical (unpaired) electrons. The van der Waals surface area contributed by atoms with Crippen LogP contribution in [0.4, 0.5) is 17.2 Å². The van der Waals surface area contributed by atoms with Crippen LogP contribution in [0.5, 0.6) is 0 Å². The molecule has 27 heavy (non-hydrogen) atoms. The number of aryl methyl sites for hydroxylation is 1. The Morgan fingerprint density at radius 2 is 1.85 bits per heavy atom. The molecule has 0 unspecified atom stereocenters. The number of amides is 1. The molecule has 2 aromatic rings. The Morgan fingerprint density at radius 3 is 2.44 bits per heavy atom. The lowest BCUT2D eigenvalue weighted by atomic mass is 10.1. The van der Waals surface area contributed by atoms with Crippen LogP contribution in [0.1, 0.15) is 55.6 Å². The first kappa shape index (κ1) is 19.1. The number of benzene rings is 1. The fourth-order valence-corrected chi connectivity index (χ4v) is 3.56. The van der Waals surface area contributed by atoms with Gasteiger partial charge < -0.3 is 15.5 Å². The van der Waals surface area contributed by atoms with E-state index in [1.807, 2.05) is 0 Å². The van der Waals surface area contributed by atoms with Crippen molar-refractivity contribution in [2.45, 2.75) is 52.5 Å². The Morgan fingerprint density at radius 1 is 1.11 bits per heavy atom. The first-order valence-electron chi connectivity index (χ1n) is 9.88. The highest BCUT2D eigenvalue weighted by atomic mass is 16.2. The van der Waals surface area contributed by atoms with Crippen LogP contribution in [-0.2, 0) is 0 Å². The van der Waals surface area contributed by atoms with E-state index in [1.165, 1.54) is 18.5 Å². The maximum absolute atomic E-state index is 12.2. The minimum Gasteiger partial charge on any atom is -0.372 e. The molecule has 0 aliphatic heterocycles. The molecule has 0 spiro atoms. The average Bonchev–Trinajstić information content (AvgIpc) is 3.18. The van der Waals surface area contributed by atoms with Gasteiger partial charge in [-0.15, -0.1) is 10.2 Å². The predicted molar refractivity (Wildman–Crippen MR) is 110 cm³/mol. The molecule has 1 saturated carbocycles. The number of nitrogens with zero attached hydrogens (tertiary/aromatic N) is 3. The Labute approximate surface area is 161 Å². The summed E-state index contributed by atoms with van der Waals surface area (Å²) < 4.78 is 0. The fourth-order valence-electron chi connectivity index (χ4n) is 3.56. The van der Waals surface area contributed by atoms with Gasteiger partial charge in [0.25, 0.3) is 5.91 Å². The van der Waals surface area contributed by atoms with E-state index in [9.17, 15) is 4.79 Å². The molecule has 6 nitrogen and oxygen atoms in total. The fraction of sp³-hybridized carbons (Fsp3) is 0.476. The van der Waals surface area contributed by atoms with Crippen LogP contribution < -0.4 is 15.5 Å². The van der Waals surface area contributed by atoms with E-state index in [-0.39, 0.29) is 11.9 Å². The van der Waals surface area contributed by atoms with Gasteiger partial charge in [0.05, 0.1) is 0 Å². The standard InChI is InChI=1S/C21H29N5O/c1-4-26(5-2)17-10-11-18(15(3)14-17)23-20-13-12-19(24-25-20)21(27)22-16-8-6-7-9-16/h10-14,16H,4-9H2,1-3H3,(H,22,27)(H,23,25). The second kappa shape index (κ2) is 8.84. The SMILES string of the molecule is CCN(CC)c1ccc(Nc2ccc(C(=O)NC3CCCC3)nn2)c(C)c1. The summed E-state index contributed by atoms with van der Waals surface area (Å²) in [6.07, 6.45) is 4.49. The topological polar surface area (TPSA) is 70.2 Å². The molecular weight excluding hydrogens is 338 g/mol. The molecule has 1 aliphatic rings. The lowest BCUT2D eigenvalue weighted by molar-refractivity contribution is 0.0932. The zero-order valence-electron chi connectivity index (χ0n) is 16.5. The Bertz CT molecular complexity index is 765. The third-order valence-electron chi connectivity index (χ3n) is 5.19. The van der Waals surface area contributed by atoms with Crippen molar-refractivity contribution in [1.82, 2.24) is 15.5 Å². The van der Waals surface area contributed by atoms with E-state index in [2.05, 4.69) is 64.7 Å². The molecule has 0 saturated heterocycles. The lowest BCUT2D eigenvalue weighted by Crippen LogP contribution is -2.33. The molecule has 1 aromatic carbocycles. The van der Waals surface area contributed by atoms with Gasteiger partial charge in [0.15, 0.2) is 11.5 Å². The van der Waals surface area contributed by atoms with Crippen molar-refractivity contribution < 1.29 is 4.79 Å². The second-order valence-electron chi connectivity index (χ2n) is 7.06. The second-order valence-corrected chi connectivity index (χ2v) is 7.06. The Hall–Kier alpha value is -2.63. The van der Waals surface area contributed by atoms with E-state index in [0.29, 0.717) is 11.5 Å². The van der Waals surface area contributed by atoms with E-state index in [0.717, 1.165) is 37.2 Å². The first-order valence-corrected chi connectivity index (χ1v) is 9.88. The van der Waals surface area contributed by atoms with Crippen molar-refractivity contribution in [3.05, 3.63) is 41.6 Å². The molecule has 1 fully saturated rings. The molecule has 0 bridgehead atoms. The molecule has 1 heterocycles. The Kier molecular flexibility index (Phi) is 6.27. The molecular formula is C21H29N5O. The van der Waals surface area contributed by atoms with E-state index in [1.54, 1.807) is 12.1 Å². The molecule has 144 valence electrons. The minimum absolute atomic E-state index is 0.138. The smallest absolute Gasteiger partial charge is 0.272 e. The highest BCUT2D eigenvalue weighted by Gasteiger charge is 2.18. The maximum Gasteiger partial charge on any atom is 0.272 e. The van der Waals surface area contributed by atoms with Crippen molar-refractivity contribution in [2.75, 3.05) is 23.3 Å². The molecule has 1 amide bonds. The minimum atomic E-state index is -0.138. The van der Waals surface area contributed by atoms with Crippen LogP contribution in [0.15, 0.2) is 30.3 Å². The summed E-state index contributed by atoms with van der Waals surface area (Å²) in [7, 11) is 0. The third kappa shape index (κ3) is 4.76. The summed E-state index contributed by atoms with van der Waals surface area (Å²) >= 11 is 0. The van der Waals surface area contributed by atoms with Gasteiger partial charge in [0.2, 0.25) is 0 Å². The molecule has 0 atom stereocenters. The van der Waals surface area contributed by atoms with E-state index in [4.69, 9.17) is 0 Å². The highest BCUT2D eigenvalue weighted by Crippen LogP contribution is 2.25. The van der Waals surface area contributed by atoms with Crippen molar-refractivity contribution in [3.63, 3.8) is 0 Å². The van der Waals surface area contributed by atoms with Gasteiger partial charge in [0, 0.05) is 30.5 Å². The van der Waals surface area contributed by atoms with Crippen molar-refractivity contribution in [1.29, 1.82) is 0 Å². The normalized spacial score (nSPS) is 14.2. The number of carbonyl (C=O) groups is 1. The van der Waals surface area contributed by atoms with Crippen LogP contribution in [0.2, 0.25) is 0 Å². The summed E-state index contributed by atoms with van der Waals surface area (Å²) in [5, 5.41) is 14.6. The van der Waals surface area contributed by atoms with Gasteiger partial charge in [0.1, 0.15) is 0 Å². The van der Waals surface area contributed by atoms with Crippen LogP contribution >= 0.6 is 0 Å². The van der Waals surface area contributed by atoms with Gasteiger partial charge >= 0.3 is 0 Å². The number of hydrogen-bond donors (Lipinski definition) is 2. The molecule has 1 aliphatic carbocycles. The van der Waals surface area contributed by atoms with Crippen LogP contribution in [0, 0.1) is 6.92 Å². The molecule has 6 heteroatoms. The lowest BCUT2D eigenvalue weighted by Gasteiger charge is -2.22. The predicted octanol–water partition coefficient (Wildman–Crippen LogP) is 4.05. The summed E-state index contributed by atoms with van der Waals surface area (Å²) in [5.74, 6) is 0.492. The number of aromatic nitrogens is 2. The van der Waals surface area contributed by atoms with Crippen molar-refractivity contribution in [3.8, 4) is 0 Å². The summed E-state index contributed by atoms with van der Waals surface area (Å²) in [6.45, 7) is 8.36. The van der Waals surface area contributed by atoms with Crippen molar-refractivity contribution >= 4 is 23.1 Å². The maximum atomic E-state index is 12.2. The largest absolute Gasteiger partial charge is 0.372 e. The number of nitrogens with one attached hydrogen (secondary N) is 2. The van der Waals surface area contributed by atoms with Crippen LogP contribution in [0.3, 0.4) is 0 Å². The monoisotopic (exact) mass is 367 g/mol. The van der Waals surface area contributed by atoms with Gasteiger partial charge in [-0.2, -0.15) is 0 Å². The van der Waals surface area contributed by atoms with Crippen molar-refractivity contribution in [2.24, 2.45) is 0 Å². The van der Waals surface area contributed by atoms with E-state index < -0.39 is 0 Å². The number of anilines is 3. The molecule has 2 N–H and O–H groups in total. The highest BCUT2D eigenvalue weighted by molar-refractivity contribution is 5.92. The van der Waals surface area contributed by atoms with E-state index >= 15 is 0 Å². The number of carbonyl (C=O) groups excluding carboxylic acids is 1. The molecule has 3 rings (SSSR count). The van der Waals surface area contributed by atoms with Gasteiger partial charge in [-0.1, -0.05) is 12.8 Å². The summed E-state index contributed by atoms with van der Waals surface area (Å²) in [6, 6.07) is 10.1. The van der Waals surface area contributed by atoms with Crippen LogP contribution in [0.25, 0.3) is 0 Å². The van der Waals surface area contributed by atoms with Gasteiger partial charge in [-0.3, -0.25) is 4.79 Å². The molecule has 1 aromatic heterocycles. The number of hydrogen-bond acceptors (Lipinski definition) is 5. The zero-order valence-corrected chi connectivity index (χ0v) is 16.5. The number of rotatable bonds is 7. The summed E-state index contributed by atoms with van der Waals surface area (Å²) in [4.78, 5) is 14.6. The quantitative estimate of drug-likeness (QED) is 0.773. The van der Waals surface area contributed by atoms with Gasteiger partial charge in [-0.25, -0.2) is 0 Å². The third-order valence-corrected chi connectivity index (χ3v) is 5.19. The van der Waals surface area contributed by atoms with Gasteiger partial charge in [-0.05, 0) is 69.5 Å². The average molecular weight is 367 g/mol. The summed E-state index contributed by atoms with van der Waals surface area (Å²) in [5.41, 5.74) is 3.71. The Balaban J connectivity index is 1.64. The zero-order chi connectivity index (χ0) is 19.2. The van der Waals surface area contributed by atoms with Crippen LogP contribution in [-0.4, -0.2) is 35.2 Å². The first-order chi connectivity index (χ1) is 13.1.